The van der Waals surface area contributed by atoms with Crippen molar-refractivity contribution in [3.63, 3.8) is 0 Å². The summed E-state index contributed by atoms with van der Waals surface area (Å²) >= 11 is 0. The van der Waals surface area contributed by atoms with E-state index >= 15 is 0 Å². The summed E-state index contributed by atoms with van der Waals surface area (Å²) in [4.78, 5) is 21.1. The molecule has 0 spiro atoms. The van der Waals surface area contributed by atoms with Gasteiger partial charge in [0.2, 0.25) is 0 Å². The van der Waals surface area contributed by atoms with E-state index in [4.69, 9.17) is 9.73 Å². The molecule has 1 amide bonds. The fourth-order valence-electron chi connectivity index (χ4n) is 3.32. The highest BCUT2D eigenvalue weighted by Gasteiger charge is 2.36. The lowest BCUT2D eigenvalue weighted by Crippen LogP contribution is -2.38. The number of aliphatic imine (C=N–C) groups is 2. The van der Waals surface area contributed by atoms with E-state index in [1.165, 1.54) is 6.20 Å². The van der Waals surface area contributed by atoms with Crippen LogP contribution in [0.5, 0.6) is 5.75 Å². The van der Waals surface area contributed by atoms with Gasteiger partial charge in [0.25, 0.3) is 5.91 Å². The monoisotopic (exact) mass is 412 g/mol. The van der Waals surface area contributed by atoms with E-state index < -0.39 is 0 Å². The molecule has 1 unspecified atom stereocenters. The molecule has 1 aliphatic rings. The highest BCUT2D eigenvalue weighted by atomic mass is 16.5. The van der Waals surface area contributed by atoms with Gasteiger partial charge in [-0.2, -0.15) is 0 Å². The normalized spacial score (nSPS) is 17.6. The maximum Gasteiger partial charge on any atom is 0.278 e. The molecule has 1 aromatic rings. The lowest BCUT2D eigenvalue weighted by atomic mass is 10.1. The van der Waals surface area contributed by atoms with Gasteiger partial charge < -0.3 is 15.4 Å². The van der Waals surface area contributed by atoms with E-state index in [2.05, 4.69) is 28.9 Å². The number of ether oxygens (including phenoxy) is 1. The Hall–Kier alpha value is -3.13. The number of carbonyl (C=O) groups excluding carboxylic acids is 1. The molecule has 0 aromatic heterocycles. The molecule has 1 fully saturated rings. The summed E-state index contributed by atoms with van der Waals surface area (Å²) in [6, 6.07) is 4.07. The largest absolute Gasteiger partial charge is 0.492 e. The second-order valence-electron chi connectivity index (χ2n) is 7.09. The summed E-state index contributed by atoms with van der Waals surface area (Å²) in [7, 11) is 3.69. The molecule has 1 heterocycles. The molecule has 1 aromatic carbocycles. The summed E-state index contributed by atoms with van der Waals surface area (Å²) in [5.41, 5.74) is 3.44. The van der Waals surface area contributed by atoms with Crippen LogP contribution < -0.4 is 15.4 Å². The van der Waals surface area contributed by atoms with Gasteiger partial charge in [0.15, 0.2) is 5.84 Å². The molecule has 1 aliphatic heterocycles. The third kappa shape index (κ3) is 5.27. The van der Waals surface area contributed by atoms with Gasteiger partial charge in [-0.05, 0) is 57.8 Å². The number of hydrogen-bond acceptors (Lipinski definition) is 6. The maximum atomic E-state index is 12.6. The number of anilines is 1. The summed E-state index contributed by atoms with van der Waals surface area (Å²) < 4.78 is 5.88. The van der Waals surface area contributed by atoms with Crippen LogP contribution in [0.4, 0.5) is 5.69 Å². The Bertz CT molecular complexity index is 838. The van der Waals surface area contributed by atoms with E-state index in [0.29, 0.717) is 24.6 Å². The molecular formula is C22H32N6O2. The number of amides is 1. The predicted octanol–water partition coefficient (Wildman–Crippen LogP) is 2.52. The average molecular weight is 413 g/mol. The molecule has 0 bridgehead atoms. The van der Waals surface area contributed by atoms with Crippen LogP contribution in [0, 0.1) is 13.8 Å². The lowest BCUT2D eigenvalue weighted by Gasteiger charge is -2.24. The van der Waals surface area contributed by atoms with Gasteiger partial charge in [0.1, 0.15) is 24.1 Å². The zero-order valence-electron chi connectivity index (χ0n) is 18.5. The Balaban J connectivity index is 2.22. The Morgan fingerprint density at radius 3 is 2.53 bits per heavy atom. The SMILES string of the molecule is C=CCN1C(=O)C(=C/N=C)/C(=N\C(C)Nc2cc(C)c(OCCNC)c(C)c2)N1C. The highest BCUT2D eigenvalue weighted by Crippen LogP contribution is 2.28. The number of amidine groups is 1. The van der Waals surface area contributed by atoms with Gasteiger partial charge >= 0.3 is 0 Å². The average Bonchev–Trinajstić information content (AvgIpc) is 2.89. The zero-order valence-corrected chi connectivity index (χ0v) is 18.5. The van der Waals surface area contributed by atoms with Crippen LogP contribution in [0.3, 0.4) is 0 Å². The van der Waals surface area contributed by atoms with Gasteiger partial charge in [0, 0.05) is 25.5 Å². The van der Waals surface area contributed by atoms with Crippen molar-refractivity contribution in [1.29, 1.82) is 0 Å². The fraction of sp³-hybridized carbons (Fsp3) is 0.409. The van der Waals surface area contributed by atoms with Gasteiger partial charge in [-0.25, -0.2) is 10.0 Å². The highest BCUT2D eigenvalue weighted by molar-refractivity contribution is 6.24. The Labute approximate surface area is 179 Å². The maximum absolute atomic E-state index is 12.6. The molecule has 30 heavy (non-hydrogen) atoms. The van der Waals surface area contributed by atoms with Crippen LogP contribution in [-0.4, -0.2) is 68.4 Å². The number of benzene rings is 1. The van der Waals surface area contributed by atoms with Crippen molar-refractivity contribution in [2.75, 3.05) is 39.1 Å². The lowest BCUT2D eigenvalue weighted by molar-refractivity contribution is -0.132. The van der Waals surface area contributed by atoms with Gasteiger partial charge in [0.05, 0.1) is 6.54 Å². The number of rotatable bonds is 10. The molecular weight excluding hydrogens is 380 g/mol. The molecule has 1 atom stereocenters. The molecule has 0 aliphatic carbocycles. The number of hydrogen-bond donors (Lipinski definition) is 2. The Morgan fingerprint density at radius 2 is 1.97 bits per heavy atom. The van der Waals surface area contributed by atoms with Crippen LogP contribution in [0.2, 0.25) is 0 Å². The smallest absolute Gasteiger partial charge is 0.278 e. The first kappa shape index (κ1) is 23.2. The summed E-state index contributed by atoms with van der Waals surface area (Å²) in [6.45, 7) is 15.0. The minimum Gasteiger partial charge on any atom is -0.492 e. The summed E-state index contributed by atoms with van der Waals surface area (Å²) in [5.74, 6) is 1.26. The van der Waals surface area contributed by atoms with E-state index in [9.17, 15) is 4.79 Å². The molecule has 0 radical (unpaired) electrons. The fourth-order valence-corrected chi connectivity index (χ4v) is 3.32. The van der Waals surface area contributed by atoms with E-state index in [-0.39, 0.29) is 12.1 Å². The summed E-state index contributed by atoms with van der Waals surface area (Å²) in [6.07, 6.45) is 2.84. The van der Waals surface area contributed by atoms with Crippen LogP contribution in [-0.2, 0) is 4.79 Å². The molecule has 2 rings (SSSR count). The minimum absolute atomic E-state index is 0.175. The first-order valence-electron chi connectivity index (χ1n) is 9.89. The van der Waals surface area contributed by atoms with Crippen molar-refractivity contribution in [3.05, 3.63) is 47.7 Å². The standard InChI is InChI=1S/C22H32N6O2/c1-8-10-28-22(29)19(14-24-6)21(27(28)7)26-17(4)25-18-12-15(2)20(16(3)13-18)30-11-9-23-5/h8,12-14,17,23,25H,1,6,9-11H2,2-5,7H3/b19-14+,26-21+. The molecule has 162 valence electrons. The second-order valence-corrected chi connectivity index (χ2v) is 7.09. The predicted molar refractivity (Wildman–Crippen MR) is 123 cm³/mol. The third-order valence-corrected chi connectivity index (χ3v) is 4.65. The second kappa shape index (κ2) is 10.6. The topological polar surface area (TPSA) is 81.6 Å². The van der Waals surface area contributed by atoms with Gasteiger partial charge in [-0.15, -0.1) is 6.58 Å². The van der Waals surface area contributed by atoms with E-state index in [1.54, 1.807) is 23.1 Å². The van der Waals surface area contributed by atoms with Crippen molar-refractivity contribution in [1.82, 2.24) is 15.3 Å². The van der Waals surface area contributed by atoms with Crippen molar-refractivity contribution >= 4 is 24.1 Å². The molecule has 2 N–H and O–H groups in total. The molecule has 8 heteroatoms. The van der Waals surface area contributed by atoms with Crippen LogP contribution >= 0.6 is 0 Å². The number of nitrogens with one attached hydrogen (secondary N) is 2. The van der Waals surface area contributed by atoms with Crippen LogP contribution in [0.15, 0.2) is 46.5 Å². The van der Waals surface area contributed by atoms with E-state index in [1.807, 2.05) is 40.0 Å². The number of likely N-dealkylation sites (N-methyl/N-ethyl adjacent to an activating group) is 2. The van der Waals surface area contributed by atoms with Gasteiger partial charge in [-0.3, -0.25) is 14.8 Å². The Kier molecular flexibility index (Phi) is 8.17. The Morgan fingerprint density at radius 1 is 1.30 bits per heavy atom. The minimum atomic E-state index is -0.276. The number of carbonyl (C=O) groups is 1. The first-order chi connectivity index (χ1) is 14.3. The number of hydrazine groups is 1. The van der Waals surface area contributed by atoms with Crippen molar-refractivity contribution in [2.45, 2.75) is 26.9 Å². The zero-order chi connectivity index (χ0) is 22.3. The van der Waals surface area contributed by atoms with E-state index in [0.717, 1.165) is 29.1 Å². The number of aryl methyl sites for hydroxylation is 2. The third-order valence-electron chi connectivity index (χ3n) is 4.65. The quantitative estimate of drug-likeness (QED) is 0.267. The van der Waals surface area contributed by atoms with Crippen LogP contribution in [0.1, 0.15) is 18.1 Å². The first-order valence-corrected chi connectivity index (χ1v) is 9.89. The molecule has 0 saturated carbocycles. The van der Waals surface area contributed by atoms with Crippen molar-refractivity contribution < 1.29 is 9.53 Å². The number of nitrogens with zero attached hydrogens (tertiary/aromatic N) is 4. The summed E-state index contributed by atoms with van der Waals surface area (Å²) in [5, 5.41) is 9.73. The van der Waals surface area contributed by atoms with Gasteiger partial charge in [-0.1, -0.05) is 6.08 Å². The molecule has 8 nitrogen and oxygen atoms in total. The van der Waals surface area contributed by atoms with Crippen molar-refractivity contribution in [2.24, 2.45) is 9.98 Å². The van der Waals surface area contributed by atoms with Crippen molar-refractivity contribution in [3.8, 4) is 5.75 Å². The van der Waals surface area contributed by atoms with Crippen LogP contribution in [0.25, 0.3) is 0 Å². The molecule has 1 saturated heterocycles.